The smallest absolute Gasteiger partial charge is 0.128 e. The minimum absolute atomic E-state index is 0.759. The van der Waals surface area contributed by atoms with Crippen LogP contribution in [0.2, 0.25) is 0 Å². The molecule has 0 bridgehead atoms. The lowest BCUT2D eigenvalue weighted by Crippen LogP contribution is -1.84. The molecule has 0 aliphatic rings. The fraction of sp³-hybridized carbons (Fsp3) is 0.320. The van der Waals surface area contributed by atoms with Gasteiger partial charge < -0.3 is 0 Å². The molecule has 13 nitrogen and oxygen atoms in total. The zero-order valence-corrected chi connectivity index (χ0v) is 58.0. The van der Waals surface area contributed by atoms with E-state index in [1.165, 1.54) is 79.9 Å². The van der Waals surface area contributed by atoms with Gasteiger partial charge in [-0.2, -0.15) is 0 Å². The summed E-state index contributed by atoms with van der Waals surface area (Å²) in [5, 5.41) is 7.48. The number of rotatable bonds is 0. The average Bonchev–Trinajstić information content (AvgIpc) is 3.81. The fourth-order valence-corrected chi connectivity index (χ4v) is 6.47. The number of hydrogen-bond donors (Lipinski definition) is 0. The number of aryl methyl sites for hydroxylation is 8. The van der Waals surface area contributed by atoms with Gasteiger partial charge in [0.15, 0.2) is 0 Å². The van der Waals surface area contributed by atoms with Gasteiger partial charge in [0.25, 0.3) is 0 Å². The largest absolute Gasteiger partial charge is 0.264 e. The van der Waals surface area contributed by atoms with Crippen LogP contribution in [0.4, 0.5) is 0 Å². The summed E-state index contributed by atoms with van der Waals surface area (Å²) in [6.45, 7) is 48.0. The Morgan fingerprint density at radius 2 is 0.716 bits per heavy atom. The first-order chi connectivity index (χ1) is 43.1. The van der Waals surface area contributed by atoms with Crippen molar-refractivity contribution in [2.24, 2.45) is 0 Å². The normalized spacial score (nSPS) is 8.45. The minimum Gasteiger partial charge on any atom is -0.264 e. The second-order valence-corrected chi connectivity index (χ2v) is 15.9. The van der Waals surface area contributed by atoms with Crippen molar-refractivity contribution in [2.45, 2.75) is 166 Å². The van der Waals surface area contributed by atoms with Crippen molar-refractivity contribution in [2.75, 3.05) is 0 Å². The average molecular weight is 1190 g/mol. The van der Waals surface area contributed by atoms with Gasteiger partial charge in [-0.15, -0.1) is 0 Å². The molecule has 0 amide bonds. The first-order valence-corrected chi connectivity index (χ1v) is 31.0. The molecule has 13 heteroatoms. The van der Waals surface area contributed by atoms with Crippen molar-refractivity contribution < 1.29 is 0 Å². The van der Waals surface area contributed by atoms with E-state index in [9.17, 15) is 0 Å². The van der Waals surface area contributed by atoms with Crippen LogP contribution in [-0.4, -0.2) is 64.8 Å². The second kappa shape index (κ2) is 60.9. The number of nitrogens with zero attached hydrogens (tertiary/aromatic N) is 13. The van der Waals surface area contributed by atoms with Crippen molar-refractivity contribution in [3.63, 3.8) is 0 Å². The van der Waals surface area contributed by atoms with Gasteiger partial charge in [0, 0.05) is 102 Å². The summed E-state index contributed by atoms with van der Waals surface area (Å²) < 4.78 is 0. The third-order valence-electron chi connectivity index (χ3n) is 10.2. The monoisotopic (exact) mass is 1190 g/mol. The standard InChI is InChI=1S/4C10H9N.3C5H6N2.C4H5N3.8C2H6/c1-8-4-2-6-10-9(8)5-3-7-11-10;1-8-4-2-5-9-6-3-7-11-10(8)9;1-8-3-2-4-9-7-11-6-5-10(8)9;1-8-3-2-4-9-5-6-11-7-10(8)9;1-5-2-6-4-7-3-5;1-5-4-6-2-3-7-5;1-5-2-3-6-4-7-5;1-4-6-2-5-3-7-4;8*1-2/h4*2-7H,1H3;3*2-4H,1H3;2-3H,1H3;8*1-2H3. The van der Waals surface area contributed by atoms with Gasteiger partial charge >= 0.3 is 0 Å². The van der Waals surface area contributed by atoms with E-state index in [1.54, 1.807) is 37.2 Å². The highest BCUT2D eigenvalue weighted by Gasteiger charge is 1.96. The molecular formula is C75H107N13. The summed E-state index contributed by atoms with van der Waals surface area (Å²) in [6.07, 6.45) is 27.4. The van der Waals surface area contributed by atoms with Gasteiger partial charge in [-0.25, -0.2) is 34.9 Å². The molecule has 0 saturated heterocycles. The van der Waals surface area contributed by atoms with Crippen LogP contribution in [0.25, 0.3) is 43.4 Å². The zero-order chi connectivity index (χ0) is 67.2. The van der Waals surface area contributed by atoms with E-state index in [2.05, 4.69) is 165 Å². The Morgan fingerprint density at radius 1 is 0.239 bits per heavy atom. The number of benzene rings is 4. The highest BCUT2D eigenvalue weighted by molar-refractivity contribution is 5.85. The topological polar surface area (TPSA) is 168 Å². The summed E-state index contributed by atoms with van der Waals surface area (Å²) in [5.74, 6) is 0.759. The van der Waals surface area contributed by atoms with E-state index in [4.69, 9.17) is 0 Å². The van der Waals surface area contributed by atoms with Gasteiger partial charge in [0.05, 0.1) is 16.7 Å². The predicted octanol–water partition coefficient (Wildman–Crippen LogP) is 20.9. The fourth-order valence-electron chi connectivity index (χ4n) is 6.47. The maximum atomic E-state index is 4.28. The third kappa shape index (κ3) is 38.7. The van der Waals surface area contributed by atoms with Crippen molar-refractivity contribution in [3.05, 3.63) is 260 Å². The molecular weight excluding hydrogens is 1080 g/mol. The molecule has 0 radical (unpaired) electrons. The number of fused-ring (bicyclic) bond motifs is 4. The number of para-hydroxylation sites is 1. The minimum atomic E-state index is 0.759. The Hall–Kier alpha value is -9.23. The lowest BCUT2D eigenvalue weighted by molar-refractivity contribution is 0.974. The molecule has 12 rings (SSSR count). The molecule has 0 fully saturated rings. The highest BCUT2D eigenvalue weighted by atomic mass is 15.0. The Labute approximate surface area is 531 Å². The van der Waals surface area contributed by atoms with Crippen LogP contribution in [0, 0.1) is 55.4 Å². The second-order valence-electron chi connectivity index (χ2n) is 15.9. The van der Waals surface area contributed by atoms with Gasteiger partial charge in [-0.3, -0.25) is 29.9 Å². The van der Waals surface area contributed by atoms with Gasteiger partial charge in [0.1, 0.15) is 31.1 Å². The summed E-state index contributed by atoms with van der Waals surface area (Å²) in [7, 11) is 0. The lowest BCUT2D eigenvalue weighted by Gasteiger charge is -1.98. The van der Waals surface area contributed by atoms with E-state index in [1.807, 2.05) is 218 Å². The van der Waals surface area contributed by atoms with Crippen molar-refractivity contribution in [1.29, 1.82) is 0 Å². The van der Waals surface area contributed by atoms with E-state index < -0.39 is 0 Å². The van der Waals surface area contributed by atoms with E-state index in [0.717, 1.165) is 33.8 Å². The van der Waals surface area contributed by atoms with Crippen LogP contribution in [0.1, 0.15) is 156 Å². The molecule has 0 aliphatic heterocycles. The van der Waals surface area contributed by atoms with Crippen LogP contribution in [0.3, 0.4) is 0 Å². The Bertz CT molecular complexity index is 2930. The molecule has 88 heavy (non-hydrogen) atoms. The molecule has 8 aromatic heterocycles. The number of pyridine rings is 4. The Balaban J connectivity index is -0.000000446. The zero-order valence-electron chi connectivity index (χ0n) is 58.0. The molecule has 8 heterocycles. The van der Waals surface area contributed by atoms with E-state index in [-0.39, 0.29) is 0 Å². The predicted molar refractivity (Wildman–Crippen MR) is 382 cm³/mol. The molecule has 0 spiro atoms. The van der Waals surface area contributed by atoms with E-state index in [0.29, 0.717) is 0 Å². The quantitative estimate of drug-likeness (QED) is 0.141. The van der Waals surface area contributed by atoms with Crippen molar-refractivity contribution >= 4 is 43.4 Å². The van der Waals surface area contributed by atoms with Gasteiger partial charge in [-0.05, 0) is 130 Å². The maximum Gasteiger partial charge on any atom is 0.128 e. The molecule has 0 unspecified atom stereocenters. The molecule has 4 aromatic carbocycles. The van der Waals surface area contributed by atoms with Gasteiger partial charge in [-0.1, -0.05) is 190 Å². The molecule has 12 aromatic rings. The lowest BCUT2D eigenvalue weighted by atomic mass is 10.1. The summed E-state index contributed by atoms with van der Waals surface area (Å²) >= 11 is 0. The number of hydrogen-bond acceptors (Lipinski definition) is 13. The van der Waals surface area contributed by atoms with Crippen molar-refractivity contribution in [1.82, 2.24) is 64.8 Å². The molecule has 0 atom stereocenters. The van der Waals surface area contributed by atoms with Crippen molar-refractivity contribution in [3.8, 4) is 0 Å². The molecule has 0 saturated carbocycles. The van der Waals surface area contributed by atoms with Gasteiger partial charge in [0.2, 0.25) is 0 Å². The Kier molecular flexibility index (Phi) is 59.0. The first kappa shape index (κ1) is 85.2. The maximum absolute atomic E-state index is 4.28. The van der Waals surface area contributed by atoms with Crippen LogP contribution in [0.15, 0.2) is 215 Å². The van der Waals surface area contributed by atoms with Crippen LogP contribution < -0.4 is 0 Å². The van der Waals surface area contributed by atoms with Crippen LogP contribution in [0.5, 0.6) is 0 Å². The molecule has 0 aliphatic carbocycles. The third-order valence-corrected chi connectivity index (χ3v) is 10.2. The first-order valence-electron chi connectivity index (χ1n) is 31.0. The molecule has 472 valence electrons. The summed E-state index contributed by atoms with van der Waals surface area (Å²) in [4.78, 5) is 50.7. The van der Waals surface area contributed by atoms with Crippen LogP contribution >= 0.6 is 0 Å². The van der Waals surface area contributed by atoms with E-state index >= 15 is 0 Å². The summed E-state index contributed by atoms with van der Waals surface area (Å²) in [5.41, 5.74) is 10.4. The highest BCUT2D eigenvalue weighted by Crippen LogP contribution is 2.17. The summed E-state index contributed by atoms with van der Waals surface area (Å²) in [6, 6.07) is 38.9. The van der Waals surface area contributed by atoms with Crippen LogP contribution in [-0.2, 0) is 0 Å². The SMILES string of the molecule is CC.CC.CC.CC.CC.CC.CC.CC.Cc1cccc2cccnc12.Cc1cccc2ccncc12.Cc1cccc2cnccc12.Cc1cccc2ncccc12.Cc1ccncn1.Cc1cnccn1.Cc1cncnc1.Cc1ncncn1. The Morgan fingerprint density at radius 3 is 1.17 bits per heavy atom. The number of aromatic nitrogens is 13. The molecule has 0 N–H and O–H groups in total.